The predicted octanol–water partition coefficient (Wildman–Crippen LogP) is 5.36. The average Bonchev–Trinajstić information content (AvgIpc) is 3.67. The van der Waals surface area contributed by atoms with E-state index in [1.54, 1.807) is 0 Å². The Bertz CT molecular complexity index is 1220. The van der Waals surface area contributed by atoms with Crippen LogP contribution in [0.5, 0.6) is 0 Å². The number of piperidine rings is 1. The zero-order valence-electron chi connectivity index (χ0n) is 23.2. The summed E-state index contributed by atoms with van der Waals surface area (Å²) in [5.74, 6) is 1.84. The zero-order chi connectivity index (χ0) is 26.7. The Labute approximate surface area is 233 Å². The quantitative estimate of drug-likeness (QED) is 0.378. The Hall–Kier alpha value is -3.14. The van der Waals surface area contributed by atoms with Crippen molar-refractivity contribution < 1.29 is 4.74 Å². The fraction of sp³-hybridized carbons (Fsp3) is 0.515. The molecule has 204 valence electrons. The lowest BCUT2D eigenvalue weighted by atomic mass is 9.58. The molecule has 3 atom stereocenters. The highest BCUT2D eigenvalue weighted by molar-refractivity contribution is 5.51. The Morgan fingerprint density at radius 3 is 2.44 bits per heavy atom. The van der Waals surface area contributed by atoms with Crippen LogP contribution in [0.25, 0.3) is 0 Å². The van der Waals surface area contributed by atoms with Crippen LogP contribution in [0.4, 0.5) is 5.69 Å². The predicted molar refractivity (Wildman–Crippen MR) is 155 cm³/mol. The third kappa shape index (κ3) is 5.23. The molecule has 3 fully saturated rings. The molecule has 2 saturated heterocycles. The largest absolute Gasteiger partial charge is 0.381 e. The molecule has 0 N–H and O–H groups in total. The summed E-state index contributed by atoms with van der Waals surface area (Å²) in [7, 11) is 1.92. The van der Waals surface area contributed by atoms with E-state index in [1.165, 1.54) is 56.6 Å². The van der Waals surface area contributed by atoms with E-state index in [4.69, 9.17) is 10.00 Å². The minimum atomic E-state index is 0.0358. The summed E-state index contributed by atoms with van der Waals surface area (Å²) >= 11 is 0. The summed E-state index contributed by atoms with van der Waals surface area (Å²) in [6.07, 6.45) is 12.5. The van der Waals surface area contributed by atoms with Gasteiger partial charge >= 0.3 is 0 Å². The number of aromatic nitrogens is 2. The minimum absolute atomic E-state index is 0.0358. The van der Waals surface area contributed by atoms with Crippen molar-refractivity contribution in [3.63, 3.8) is 0 Å². The molecule has 6 nitrogen and oxygen atoms in total. The highest BCUT2D eigenvalue weighted by Crippen LogP contribution is 2.52. The summed E-state index contributed by atoms with van der Waals surface area (Å²) in [5, 5.41) is 9.07. The number of anilines is 1. The van der Waals surface area contributed by atoms with Gasteiger partial charge in [0.25, 0.3) is 0 Å². The van der Waals surface area contributed by atoms with Gasteiger partial charge in [0.1, 0.15) is 0 Å². The molecule has 3 heterocycles. The van der Waals surface area contributed by atoms with Crippen LogP contribution in [0.1, 0.15) is 43.2 Å². The molecule has 0 radical (unpaired) electrons. The third-order valence-corrected chi connectivity index (χ3v) is 9.88. The van der Waals surface area contributed by atoms with Crippen LogP contribution >= 0.6 is 0 Å². The van der Waals surface area contributed by atoms with Crippen LogP contribution < -0.4 is 4.90 Å². The van der Waals surface area contributed by atoms with E-state index < -0.39 is 0 Å². The van der Waals surface area contributed by atoms with E-state index in [0.717, 1.165) is 37.5 Å². The molecule has 1 saturated carbocycles. The monoisotopic (exact) mass is 523 g/mol. The van der Waals surface area contributed by atoms with Crippen molar-refractivity contribution in [2.45, 2.75) is 50.2 Å². The number of hydrogen-bond acceptors (Lipinski definition) is 5. The summed E-state index contributed by atoms with van der Waals surface area (Å²) in [4.78, 5) is 9.57. The summed E-state index contributed by atoms with van der Waals surface area (Å²) in [6, 6.07) is 21.6. The molecule has 1 aliphatic carbocycles. The van der Waals surface area contributed by atoms with Crippen molar-refractivity contribution in [3.8, 4) is 6.07 Å². The number of ether oxygens (including phenoxy) is 1. The average molecular weight is 524 g/mol. The number of methoxy groups -OCH3 is 1. The van der Waals surface area contributed by atoms with Crippen molar-refractivity contribution in [3.05, 3.63) is 84.4 Å². The SMILES string of the molecule is CO[C@H]1CCC[C@@H]1C(Cn1ccnc1)(c1ccccc1)C1CCN(CC2CN(c3ccc(C#N)cc3)C2)CC1. The first-order chi connectivity index (χ1) is 19.2. The zero-order valence-corrected chi connectivity index (χ0v) is 23.2. The second-order valence-electron chi connectivity index (χ2n) is 12.0. The lowest BCUT2D eigenvalue weighted by Crippen LogP contribution is -2.55. The van der Waals surface area contributed by atoms with Gasteiger partial charge in [0.2, 0.25) is 0 Å². The molecule has 3 aromatic rings. The molecular weight excluding hydrogens is 482 g/mol. The maximum Gasteiger partial charge on any atom is 0.0991 e. The second-order valence-corrected chi connectivity index (χ2v) is 12.0. The van der Waals surface area contributed by atoms with Gasteiger partial charge < -0.3 is 19.1 Å². The van der Waals surface area contributed by atoms with Gasteiger partial charge in [-0.2, -0.15) is 5.26 Å². The van der Waals surface area contributed by atoms with Gasteiger partial charge in [-0.3, -0.25) is 0 Å². The van der Waals surface area contributed by atoms with Crippen LogP contribution in [0.15, 0.2) is 73.3 Å². The topological polar surface area (TPSA) is 57.3 Å². The van der Waals surface area contributed by atoms with E-state index in [-0.39, 0.29) is 5.41 Å². The van der Waals surface area contributed by atoms with Crippen LogP contribution in [0.2, 0.25) is 0 Å². The lowest BCUT2D eigenvalue weighted by molar-refractivity contribution is -0.00901. The van der Waals surface area contributed by atoms with E-state index in [1.807, 2.05) is 31.8 Å². The van der Waals surface area contributed by atoms with Crippen LogP contribution in [-0.2, 0) is 16.7 Å². The number of benzene rings is 2. The molecule has 1 aromatic heterocycles. The van der Waals surface area contributed by atoms with Crippen molar-refractivity contribution in [2.24, 2.45) is 17.8 Å². The van der Waals surface area contributed by atoms with Crippen LogP contribution in [0, 0.1) is 29.1 Å². The molecule has 3 aliphatic rings. The molecule has 0 amide bonds. The van der Waals surface area contributed by atoms with Crippen molar-refractivity contribution >= 4 is 5.69 Å². The Morgan fingerprint density at radius 1 is 1.00 bits per heavy atom. The van der Waals surface area contributed by atoms with Crippen LogP contribution in [0.3, 0.4) is 0 Å². The minimum Gasteiger partial charge on any atom is -0.381 e. The fourth-order valence-corrected chi connectivity index (χ4v) is 7.96. The number of hydrogen-bond donors (Lipinski definition) is 0. The lowest BCUT2D eigenvalue weighted by Gasteiger charge is -2.51. The highest BCUT2D eigenvalue weighted by Gasteiger charge is 2.52. The van der Waals surface area contributed by atoms with Crippen molar-refractivity contribution in [1.82, 2.24) is 14.5 Å². The molecule has 6 heteroatoms. The first-order valence-corrected chi connectivity index (χ1v) is 14.7. The molecule has 39 heavy (non-hydrogen) atoms. The molecule has 2 aliphatic heterocycles. The summed E-state index contributed by atoms with van der Waals surface area (Å²) in [5.41, 5.74) is 3.48. The van der Waals surface area contributed by atoms with E-state index >= 15 is 0 Å². The van der Waals surface area contributed by atoms with Gasteiger partial charge in [0.05, 0.1) is 24.1 Å². The number of rotatable bonds is 9. The Balaban J connectivity index is 1.16. The third-order valence-electron chi connectivity index (χ3n) is 9.88. The summed E-state index contributed by atoms with van der Waals surface area (Å²) in [6.45, 7) is 6.70. The van der Waals surface area contributed by atoms with Crippen molar-refractivity contribution in [2.75, 3.05) is 44.7 Å². The summed E-state index contributed by atoms with van der Waals surface area (Å²) < 4.78 is 8.48. The van der Waals surface area contributed by atoms with Crippen LogP contribution in [-0.4, -0.2) is 60.4 Å². The standard InChI is InChI=1S/C33H41N5O/c1-39-32-9-5-8-31(32)33(24-37-19-16-35-25-37,28-6-3-2-4-7-28)29-14-17-36(18-15-29)21-27-22-38(23-27)30-12-10-26(20-34)11-13-30/h2-4,6-7,10-13,16,19,25,27,29,31-32H,5,8-9,14-15,17-18,21-24H2,1H3/t31-,32-,33?/m0/s1. The molecule has 0 spiro atoms. The molecule has 2 aromatic carbocycles. The van der Waals surface area contributed by atoms with Gasteiger partial charge in [-0.05, 0) is 80.4 Å². The normalized spacial score (nSPS) is 24.3. The van der Waals surface area contributed by atoms with E-state index in [2.05, 4.69) is 74.1 Å². The van der Waals surface area contributed by atoms with E-state index in [0.29, 0.717) is 17.9 Å². The molecular formula is C33H41N5O. The molecule has 0 bridgehead atoms. The van der Waals surface area contributed by atoms with Gasteiger partial charge in [0, 0.05) is 62.7 Å². The fourth-order valence-electron chi connectivity index (χ4n) is 7.96. The van der Waals surface area contributed by atoms with Crippen molar-refractivity contribution in [1.29, 1.82) is 5.26 Å². The number of likely N-dealkylation sites (tertiary alicyclic amines) is 1. The Kier molecular flexibility index (Phi) is 7.72. The van der Waals surface area contributed by atoms with Gasteiger partial charge in [-0.15, -0.1) is 0 Å². The maximum absolute atomic E-state index is 9.07. The van der Waals surface area contributed by atoms with Gasteiger partial charge in [-0.1, -0.05) is 36.8 Å². The van der Waals surface area contributed by atoms with E-state index in [9.17, 15) is 0 Å². The van der Waals surface area contributed by atoms with Gasteiger partial charge in [0.15, 0.2) is 0 Å². The second kappa shape index (κ2) is 11.5. The highest BCUT2D eigenvalue weighted by atomic mass is 16.5. The number of nitriles is 1. The molecule has 6 rings (SSSR count). The Morgan fingerprint density at radius 2 is 1.77 bits per heavy atom. The number of imidazole rings is 1. The number of nitrogens with zero attached hydrogens (tertiary/aromatic N) is 5. The first-order valence-electron chi connectivity index (χ1n) is 14.7. The maximum atomic E-state index is 9.07. The first kappa shape index (κ1) is 26.1. The molecule has 1 unspecified atom stereocenters. The van der Waals surface area contributed by atoms with Gasteiger partial charge in [-0.25, -0.2) is 4.98 Å². The smallest absolute Gasteiger partial charge is 0.0991 e.